The van der Waals surface area contributed by atoms with E-state index in [1.807, 2.05) is 11.8 Å². The van der Waals surface area contributed by atoms with E-state index >= 15 is 0 Å². The first-order chi connectivity index (χ1) is 12.0. The second kappa shape index (κ2) is 7.80. The SMILES string of the molecule is [B]c1cc(Cl)c(C)c(/C=N\Nc2ncc(F)c(N3CCOCC3)n2)c1. The van der Waals surface area contributed by atoms with Crippen molar-refractivity contribution in [3.05, 3.63) is 40.3 Å². The van der Waals surface area contributed by atoms with Gasteiger partial charge in [-0.2, -0.15) is 10.1 Å². The van der Waals surface area contributed by atoms with Crippen LogP contribution in [0, 0.1) is 12.7 Å². The summed E-state index contributed by atoms with van der Waals surface area (Å²) < 4.78 is 19.2. The summed E-state index contributed by atoms with van der Waals surface area (Å²) in [5.74, 6) is -0.0409. The number of halogens is 2. The van der Waals surface area contributed by atoms with Gasteiger partial charge in [-0.15, -0.1) is 0 Å². The normalized spacial score (nSPS) is 14.9. The summed E-state index contributed by atoms with van der Waals surface area (Å²) in [5, 5.41) is 4.65. The smallest absolute Gasteiger partial charge is 0.245 e. The van der Waals surface area contributed by atoms with Crippen molar-refractivity contribution in [1.82, 2.24) is 9.97 Å². The average molecular weight is 360 g/mol. The molecule has 0 aliphatic carbocycles. The van der Waals surface area contributed by atoms with E-state index in [4.69, 9.17) is 24.2 Å². The van der Waals surface area contributed by atoms with Gasteiger partial charge in [0.2, 0.25) is 5.95 Å². The van der Waals surface area contributed by atoms with E-state index in [1.54, 1.807) is 18.3 Å². The van der Waals surface area contributed by atoms with E-state index in [-0.39, 0.29) is 11.8 Å². The third-order valence-electron chi connectivity index (χ3n) is 3.81. The van der Waals surface area contributed by atoms with Crippen molar-refractivity contribution >= 4 is 42.9 Å². The van der Waals surface area contributed by atoms with Crippen LogP contribution in [0.15, 0.2) is 23.4 Å². The molecule has 1 aliphatic rings. The molecule has 0 unspecified atom stereocenters. The molecule has 1 aromatic heterocycles. The number of hydrogen-bond donors (Lipinski definition) is 1. The van der Waals surface area contributed by atoms with Crippen LogP contribution >= 0.6 is 11.6 Å². The van der Waals surface area contributed by atoms with E-state index in [1.165, 1.54) is 0 Å². The summed E-state index contributed by atoms with van der Waals surface area (Å²) in [6, 6.07) is 3.44. The van der Waals surface area contributed by atoms with Gasteiger partial charge in [0.15, 0.2) is 11.6 Å². The van der Waals surface area contributed by atoms with Crippen molar-refractivity contribution in [2.75, 3.05) is 36.6 Å². The second-order valence-electron chi connectivity index (χ2n) is 5.55. The van der Waals surface area contributed by atoms with Crippen molar-refractivity contribution in [2.45, 2.75) is 6.92 Å². The Balaban J connectivity index is 1.75. The monoisotopic (exact) mass is 359 g/mol. The molecule has 2 heterocycles. The van der Waals surface area contributed by atoms with Crippen LogP contribution in [-0.4, -0.2) is 50.3 Å². The Morgan fingerprint density at radius 1 is 1.40 bits per heavy atom. The molecule has 25 heavy (non-hydrogen) atoms. The maximum Gasteiger partial charge on any atom is 0.245 e. The van der Waals surface area contributed by atoms with Crippen molar-refractivity contribution in [1.29, 1.82) is 0 Å². The van der Waals surface area contributed by atoms with Crippen molar-refractivity contribution < 1.29 is 9.13 Å². The zero-order valence-corrected chi connectivity index (χ0v) is 14.4. The number of hydrogen-bond acceptors (Lipinski definition) is 6. The van der Waals surface area contributed by atoms with Crippen molar-refractivity contribution in [3.8, 4) is 0 Å². The molecule has 1 aromatic carbocycles. The van der Waals surface area contributed by atoms with Gasteiger partial charge < -0.3 is 9.64 Å². The minimum Gasteiger partial charge on any atom is -0.378 e. The lowest BCUT2D eigenvalue weighted by molar-refractivity contribution is 0.122. The highest BCUT2D eigenvalue weighted by Crippen LogP contribution is 2.19. The van der Waals surface area contributed by atoms with Crippen LogP contribution in [0.2, 0.25) is 5.02 Å². The Morgan fingerprint density at radius 2 is 2.16 bits per heavy atom. The molecule has 0 amide bonds. The minimum absolute atomic E-state index is 0.201. The standard InChI is InChI=1S/C16H16BClFN5O/c1-10-11(6-12(17)7-13(10)18)8-21-23-16-20-9-14(19)15(22-16)24-2-4-25-5-3-24/h6-9H,2-5H2,1H3,(H,20,22,23)/b21-8-. The molecule has 0 atom stereocenters. The summed E-state index contributed by atoms with van der Waals surface area (Å²) in [6.45, 7) is 4.11. The van der Waals surface area contributed by atoms with E-state index in [0.29, 0.717) is 36.8 Å². The van der Waals surface area contributed by atoms with Gasteiger partial charge in [-0.3, -0.25) is 0 Å². The molecule has 1 saturated heterocycles. The Bertz CT molecular complexity index is 798. The maximum atomic E-state index is 14.0. The van der Waals surface area contributed by atoms with Gasteiger partial charge in [-0.25, -0.2) is 14.8 Å². The molecule has 1 aliphatic heterocycles. The maximum absolute atomic E-state index is 14.0. The van der Waals surface area contributed by atoms with Crippen LogP contribution in [0.4, 0.5) is 16.2 Å². The summed E-state index contributed by atoms with van der Waals surface area (Å²) in [7, 11) is 5.78. The Hall–Kier alpha value is -2.19. The van der Waals surface area contributed by atoms with Crippen LogP contribution in [0.25, 0.3) is 0 Å². The number of benzene rings is 1. The molecule has 0 spiro atoms. The fraction of sp³-hybridized carbons (Fsp3) is 0.312. The summed E-state index contributed by atoms with van der Waals surface area (Å²) in [4.78, 5) is 9.91. The number of hydrazone groups is 1. The number of ether oxygens (including phenoxy) is 1. The molecule has 1 fully saturated rings. The molecular weight excluding hydrogens is 343 g/mol. The lowest BCUT2D eigenvalue weighted by atomic mass is 9.92. The first-order valence-electron chi connectivity index (χ1n) is 7.74. The highest BCUT2D eigenvalue weighted by Gasteiger charge is 2.17. The van der Waals surface area contributed by atoms with Gasteiger partial charge in [-0.1, -0.05) is 29.2 Å². The van der Waals surface area contributed by atoms with E-state index in [9.17, 15) is 4.39 Å². The molecule has 0 saturated carbocycles. The molecule has 1 N–H and O–H groups in total. The zero-order chi connectivity index (χ0) is 17.8. The summed E-state index contributed by atoms with van der Waals surface area (Å²) in [6.07, 6.45) is 2.69. The lowest BCUT2D eigenvalue weighted by Crippen LogP contribution is -2.37. The van der Waals surface area contributed by atoms with Crippen molar-refractivity contribution in [3.63, 3.8) is 0 Å². The van der Waals surface area contributed by atoms with Gasteiger partial charge in [0.05, 0.1) is 25.6 Å². The molecule has 128 valence electrons. The van der Waals surface area contributed by atoms with Gasteiger partial charge in [0.25, 0.3) is 0 Å². The van der Waals surface area contributed by atoms with Crippen LogP contribution < -0.4 is 15.8 Å². The van der Waals surface area contributed by atoms with E-state index < -0.39 is 5.82 Å². The topological polar surface area (TPSA) is 62.6 Å². The summed E-state index contributed by atoms with van der Waals surface area (Å²) in [5.41, 5.74) is 4.88. The minimum atomic E-state index is -0.477. The van der Waals surface area contributed by atoms with E-state index in [2.05, 4.69) is 20.5 Å². The molecule has 2 aromatic rings. The number of aromatic nitrogens is 2. The number of morpholine rings is 1. The fourth-order valence-corrected chi connectivity index (χ4v) is 2.66. The van der Waals surface area contributed by atoms with Crippen LogP contribution in [-0.2, 0) is 4.74 Å². The summed E-state index contributed by atoms with van der Waals surface area (Å²) >= 11 is 6.10. The fourth-order valence-electron chi connectivity index (χ4n) is 2.42. The Morgan fingerprint density at radius 3 is 2.92 bits per heavy atom. The van der Waals surface area contributed by atoms with Gasteiger partial charge in [0, 0.05) is 18.1 Å². The predicted molar refractivity (Wildman–Crippen MR) is 97.8 cm³/mol. The number of nitrogens with one attached hydrogen (secondary N) is 1. The van der Waals surface area contributed by atoms with Crippen LogP contribution in [0.3, 0.4) is 0 Å². The number of rotatable bonds is 4. The molecule has 3 rings (SSSR count). The van der Waals surface area contributed by atoms with Crippen LogP contribution in [0.5, 0.6) is 0 Å². The lowest BCUT2D eigenvalue weighted by Gasteiger charge is -2.27. The Labute approximate surface area is 151 Å². The third-order valence-corrected chi connectivity index (χ3v) is 4.20. The predicted octanol–water partition coefficient (Wildman–Crippen LogP) is 1.65. The average Bonchev–Trinajstić information content (AvgIpc) is 2.61. The second-order valence-corrected chi connectivity index (χ2v) is 5.96. The molecule has 9 heteroatoms. The van der Waals surface area contributed by atoms with Crippen molar-refractivity contribution in [2.24, 2.45) is 5.10 Å². The molecule has 2 radical (unpaired) electrons. The van der Waals surface area contributed by atoms with Crippen LogP contribution in [0.1, 0.15) is 11.1 Å². The van der Waals surface area contributed by atoms with Gasteiger partial charge >= 0.3 is 0 Å². The highest BCUT2D eigenvalue weighted by atomic mass is 35.5. The van der Waals surface area contributed by atoms with Gasteiger partial charge in [0.1, 0.15) is 7.85 Å². The number of nitrogens with zero attached hydrogens (tertiary/aromatic N) is 4. The number of anilines is 2. The third kappa shape index (κ3) is 4.26. The largest absolute Gasteiger partial charge is 0.378 e. The highest BCUT2D eigenvalue weighted by molar-refractivity contribution is 6.37. The Kier molecular flexibility index (Phi) is 5.50. The van der Waals surface area contributed by atoms with Gasteiger partial charge in [-0.05, 0) is 18.1 Å². The molecule has 0 bridgehead atoms. The first-order valence-corrected chi connectivity index (χ1v) is 8.12. The first kappa shape index (κ1) is 17.6. The van der Waals surface area contributed by atoms with E-state index in [0.717, 1.165) is 17.3 Å². The molecular formula is C16H16BClFN5O. The zero-order valence-electron chi connectivity index (χ0n) is 13.7. The quantitative estimate of drug-likeness (QED) is 0.511. The molecule has 6 nitrogen and oxygen atoms in total.